The molecule has 0 radical (unpaired) electrons. The van der Waals surface area contributed by atoms with Crippen LogP contribution in [0.4, 0.5) is 4.39 Å². The largest absolute Gasteiger partial charge is 0.243 e. The van der Waals surface area contributed by atoms with E-state index in [9.17, 15) is 12.8 Å². The van der Waals surface area contributed by atoms with Crippen LogP contribution in [-0.4, -0.2) is 32.2 Å². The van der Waals surface area contributed by atoms with Gasteiger partial charge in [0.2, 0.25) is 10.0 Å². The van der Waals surface area contributed by atoms with Crippen molar-refractivity contribution in [3.63, 3.8) is 0 Å². The molecule has 0 saturated carbocycles. The molecule has 0 heterocycles. The maximum Gasteiger partial charge on any atom is 0.243 e. The lowest BCUT2D eigenvalue weighted by molar-refractivity contribution is 0.486. The van der Waals surface area contributed by atoms with Crippen LogP contribution in [0.15, 0.2) is 17.0 Å². The van der Waals surface area contributed by atoms with Gasteiger partial charge in [-0.15, -0.1) is 11.6 Å². The quantitative estimate of drug-likeness (QED) is 0.793. The smallest absolute Gasteiger partial charge is 0.207 e. The second kappa shape index (κ2) is 5.33. The summed E-state index contributed by atoms with van der Waals surface area (Å²) in [5.74, 6) is -0.214. The summed E-state index contributed by atoms with van der Waals surface area (Å²) in [7, 11) is -2.14. The van der Waals surface area contributed by atoms with Crippen molar-refractivity contribution in [2.75, 3.05) is 19.5 Å². The van der Waals surface area contributed by atoms with Crippen molar-refractivity contribution in [1.82, 2.24) is 4.31 Å². The lowest BCUT2D eigenvalue weighted by Gasteiger charge is -2.19. The Bertz CT molecular complexity index is 493. The number of halogens is 2. The number of benzene rings is 1. The average molecular weight is 280 g/mol. The molecule has 0 N–H and O–H groups in total. The minimum Gasteiger partial charge on any atom is -0.207 e. The van der Waals surface area contributed by atoms with E-state index in [0.29, 0.717) is 11.1 Å². The van der Waals surface area contributed by atoms with E-state index in [2.05, 4.69) is 0 Å². The van der Waals surface area contributed by atoms with Gasteiger partial charge in [-0.2, -0.15) is 4.31 Å². The molecule has 0 aliphatic heterocycles. The molecular weight excluding hydrogens is 265 g/mol. The summed E-state index contributed by atoms with van der Waals surface area (Å²) >= 11 is 5.53. The number of sulfonamides is 1. The molecule has 3 nitrogen and oxygen atoms in total. The van der Waals surface area contributed by atoms with Gasteiger partial charge in [-0.3, -0.25) is 0 Å². The van der Waals surface area contributed by atoms with Crippen molar-refractivity contribution in [2.24, 2.45) is 0 Å². The molecular formula is C11H15ClFNO2S. The normalized spacial score (nSPS) is 12.1. The predicted molar refractivity (Wildman–Crippen MR) is 66.4 cm³/mol. The number of nitrogens with zero attached hydrogens (tertiary/aromatic N) is 1. The molecule has 6 heteroatoms. The summed E-state index contributed by atoms with van der Waals surface area (Å²) in [5.41, 5.74) is 0.813. The first kappa shape index (κ1) is 14.4. The molecule has 0 amide bonds. The van der Waals surface area contributed by atoms with Crippen molar-refractivity contribution >= 4 is 21.6 Å². The Hall–Kier alpha value is -0.650. The fourth-order valence-electron chi connectivity index (χ4n) is 1.70. The monoisotopic (exact) mass is 279 g/mol. The Kier molecular flexibility index (Phi) is 4.52. The summed E-state index contributed by atoms with van der Waals surface area (Å²) in [6, 6.07) is 2.43. The number of hydrogen-bond acceptors (Lipinski definition) is 2. The highest BCUT2D eigenvalue weighted by Gasteiger charge is 2.24. The van der Waals surface area contributed by atoms with Gasteiger partial charge in [0.25, 0.3) is 0 Å². The molecule has 0 saturated heterocycles. The van der Waals surface area contributed by atoms with Crippen molar-refractivity contribution in [3.05, 3.63) is 29.1 Å². The lowest BCUT2D eigenvalue weighted by Crippen LogP contribution is -2.30. The fourth-order valence-corrected chi connectivity index (χ4v) is 3.63. The number of hydrogen-bond donors (Lipinski definition) is 0. The summed E-state index contributed by atoms with van der Waals surface area (Å²) < 4.78 is 38.7. The third-order valence-electron chi connectivity index (χ3n) is 2.49. The van der Waals surface area contributed by atoms with Crippen LogP contribution in [0.25, 0.3) is 0 Å². The Balaban J connectivity index is 3.34. The predicted octanol–water partition coefficient (Wildman–Crippen LogP) is 2.30. The summed E-state index contributed by atoms with van der Waals surface area (Å²) in [4.78, 5) is 0.159. The van der Waals surface area contributed by atoms with Gasteiger partial charge in [-0.05, 0) is 37.1 Å². The second-order valence-electron chi connectivity index (χ2n) is 3.88. The molecule has 17 heavy (non-hydrogen) atoms. The van der Waals surface area contributed by atoms with E-state index in [1.807, 2.05) is 0 Å². The average Bonchev–Trinajstić information content (AvgIpc) is 2.15. The first-order valence-corrected chi connectivity index (χ1v) is 7.07. The van der Waals surface area contributed by atoms with E-state index in [0.717, 1.165) is 0 Å². The van der Waals surface area contributed by atoms with Gasteiger partial charge in [0, 0.05) is 19.5 Å². The molecule has 0 spiro atoms. The zero-order valence-corrected chi connectivity index (χ0v) is 11.6. The highest BCUT2D eigenvalue weighted by molar-refractivity contribution is 7.89. The molecule has 1 rings (SSSR count). The van der Waals surface area contributed by atoms with Crippen LogP contribution in [-0.2, 0) is 10.0 Å². The Morgan fingerprint density at radius 1 is 1.29 bits per heavy atom. The molecule has 0 atom stereocenters. The Labute approximate surface area is 106 Å². The first-order chi connectivity index (χ1) is 7.80. The van der Waals surface area contributed by atoms with Crippen LogP contribution in [0.1, 0.15) is 11.1 Å². The second-order valence-corrected chi connectivity index (χ2v) is 6.24. The van der Waals surface area contributed by atoms with Crippen molar-refractivity contribution < 1.29 is 12.8 Å². The van der Waals surface area contributed by atoms with E-state index >= 15 is 0 Å². The zero-order chi connectivity index (χ0) is 13.2. The zero-order valence-electron chi connectivity index (χ0n) is 10.00. The minimum atomic E-state index is -3.60. The van der Waals surface area contributed by atoms with Crippen molar-refractivity contribution in [2.45, 2.75) is 18.7 Å². The van der Waals surface area contributed by atoms with E-state index in [4.69, 9.17) is 11.6 Å². The molecule has 96 valence electrons. The van der Waals surface area contributed by atoms with Crippen LogP contribution in [0.2, 0.25) is 0 Å². The lowest BCUT2D eigenvalue weighted by atomic mass is 10.1. The molecule has 0 aliphatic rings. The number of alkyl halides is 1. The van der Waals surface area contributed by atoms with Gasteiger partial charge >= 0.3 is 0 Å². The Morgan fingerprint density at radius 3 is 2.18 bits per heavy atom. The van der Waals surface area contributed by atoms with Gasteiger partial charge in [0.1, 0.15) is 5.82 Å². The van der Waals surface area contributed by atoms with Crippen LogP contribution >= 0.6 is 11.6 Å². The van der Waals surface area contributed by atoms with Gasteiger partial charge in [-0.1, -0.05) is 0 Å². The molecule has 0 aromatic heterocycles. The van der Waals surface area contributed by atoms with E-state index < -0.39 is 15.8 Å². The number of rotatable bonds is 4. The van der Waals surface area contributed by atoms with E-state index in [-0.39, 0.29) is 17.3 Å². The van der Waals surface area contributed by atoms with Gasteiger partial charge in [0.15, 0.2) is 0 Å². The molecule has 1 aromatic carbocycles. The van der Waals surface area contributed by atoms with Gasteiger partial charge in [0.05, 0.1) is 4.90 Å². The van der Waals surface area contributed by atoms with Crippen molar-refractivity contribution in [3.8, 4) is 0 Å². The SMILES string of the molecule is Cc1cc(F)cc(C)c1S(=O)(=O)N(C)CCCl. The molecule has 0 bridgehead atoms. The first-order valence-electron chi connectivity index (χ1n) is 5.09. The highest BCUT2D eigenvalue weighted by atomic mass is 35.5. The molecule has 0 unspecified atom stereocenters. The summed E-state index contributed by atoms with van der Waals surface area (Å²) in [5, 5.41) is 0. The van der Waals surface area contributed by atoms with E-state index in [1.54, 1.807) is 13.8 Å². The highest BCUT2D eigenvalue weighted by Crippen LogP contribution is 2.24. The fraction of sp³-hybridized carbons (Fsp3) is 0.455. The molecule has 1 aromatic rings. The van der Waals surface area contributed by atoms with Crippen LogP contribution < -0.4 is 0 Å². The van der Waals surface area contributed by atoms with Crippen LogP contribution in [0, 0.1) is 19.7 Å². The maximum atomic E-state index is 13.1. The minimum absolute atomic E-state index is 0.159. The third kappa shape index (κ3) is 2.97. The molecule has 0 fully saturated rings. The number of aryl methyl sites for hydroxylation is 2. The summed E-state index contributed by atoms with van der Waals surface area (Å²) in [6.07, 6.45) is 0. The third-order valence-corrected chi connectivity index (χ3v) is 4.82. The topological polar surface area (TPSA) is 37.4 Å². The van der Waals surface area contributed by atoms with Gasteiger partial charge < -0.3 is 0 Å². The van der Waals surface area contributed by atoms with Crippen LogP contribution in [0.5, 0.6) is 0 Å². The van der Waals surface area contributed by atoms with Crippen LogP contribution in [0.3, 0.4) is 0 Å². The standard InChI is InChI=1S/C11H15ClFNO2S/c1-8-6-10(13)7-9(2)11(8)17(15,16)14(3)5-4-12/h6-7H,4-5H2,1-3H3. The summed E-state index contributed by atoms with van der Waals surface area (Å²) in [6.45, 7) is 3.38. The van der Waals surface area contributed by atoms with Crippen molar-refractivity contribution in [1.29, 1.82) is 0 Å². The molecule has 0 aliphatic carbocycles. The Morgan fingerprint density at radius 2 is 1.76 bits per heavy atom. The maximum absolute atomic E-state index is 13.1. The van der Waals surface area contributed by atoms with E-state index in [1.165, 1.54) is 23.5 Å². The van der Waals surface area contributed by atoms with Gasteiger partial charge in [-0.25, -0.2) is 12.8 Å².